The molecular formula is C10H20ClN3O3. The van der Waals surface area contributed by atoms with E-state index in [0.29, 0.717) is 6.54 Å². The molecule has 0 aliphatic carbocycles. The third-order valence-electron chi connectivity index (χ3n) is 2.59. The largest absolute Gasteiger partial charge is 0.373 e. The number of hydrogen-bond donors (Lipinski definition) is 3. The Morgan fingerprint density at radius 1 is 1.35 bits per heavy atom. The fourth-order valence-electron chi connectivity index (χ4n) is 1.58. The van der Waals surface area contributed by atoms with Crippen LogP contribution in [0.25, 0.3) is 0 Å². The lowest BCUT2D eigenvalue weighted by Crippen LogP contribution is -2.45. The van der Waals surface area contributed by atoms with E-state index in [1.165, 1.54) is 0 Å². The van der Waals surface area contributed by atoms with Crippen molar-refractivity contribution < 1.29 is 14.3 Å². The van der Waals surface area contributed by atoms with Crippen LogP contribution in [0.4, 0.5) is 0 Å². The molecule has 1 aliphatic heterocycles. The summed E-state index contributed by atoms with van der Waals surface area (Å²) in [7, 11) is 0. The first-order valence-electron chi connectivity index (χ1n) is 5.43. The van der Waals surface area contributed by atoms with Gasteiger partial charge >= 0.3 is 0 Å². The Balaban J connectivity index is 0.00000256. The number of carbonyl (C=O) groups is 2. The van der Waals surface area contributed by atoms with Crippen molar-refractivity contribution in [3.8, 4) is 0 Å². The number of carbonyl (C=O) groups excluding carboxylic acids is 2. The van der Waals surface area contributed by atoms with E-state index in [1.54, 1.807) is 0 Å². The van der Waals surface area contributed by atoms with E-state index in [9.17, 15) is 9.59 Å². The van der Waals surface area contributed by atoms with Crippen LogP contribution in [0.2, 0.25) is 0 Å². The minimum atomic E-state index is -0.335. The standard InChI is InChI=1S/C10H19N3O3.ClH/c1-10(3-2-4-16-10)7-13-9(15)6-12-8(14)5-11;/h2-7,11H2,1H3,(H,12,14)(H,13,15);1H. The van der Waals surface area contributed by atoms with Crippen LogP contribution >= 0.6 is 12.4 Å². The van der Waals surface area contributed by atoms with Gasteiger partial charge in [0.25, 0.3) is 0 Å². The van der Waals surface area contributed by atoms with Crippen LogP contribution in [0.15, 0.2) is 0 Å². The van der Waals surface area contributed by atoms with Crippen LogP contribution in [0.3, 0.4) is 0 Å². The van der Waals surface area contributed by atoms with Gasteiger partial charge in [-0.05, 0) is 19.8 Å². The predicted molar refractivity (Wildman–Crippen MR) is 65.9 cm³/mol. The van der Waals surface area contributed by atoms with E-state index in [4.69, 9.17) is 10.5 Å². The molecule has 1 fully saturated rings. The summed E-state index contributed by atoms with van der Waals surface area (Å²) in [6, 6.07) is 0. The van der Waals surface area contributed by atoms with Gasteiger partial charge in [0.05, 0.1) is 18.7 Å². The molecule has 0 radical (unpaired) electrons. The maximum atomic E-state index is 11.3. The number of ether oxygens (including phenoxy) is 1. The molecule has 1 heterocycles. The lowest BCUT2D eigenvalue weighted by atomic mass is 10.0. The molecule has 7 heteroatoms. The van der Waals surface area contributed by atoms with E-state index in [0.717, 1.165) is 19.4 Å². The molecular weight excluding hydrogens is 246 g/mol. The van der Waals surface area contributed by atoms with Crippen LogP contribution in [0, 0.1) is 0 Å². The molecule has 100 valence electrons. The number of hydrogen-bond acceptors (Lipinski definition) is 4. The Labute approximate surface area is 107 Å². The van der Waals surface area contributed by atoms with E-state index in [-0.39, 0.29) is 42.9 Å². The van der Waals surface area contributed by atoms with Gasteiger partial charge in [-0.1, -0.05) is 0 Å². The average molecular weight is 266 g/mol. The number of rotatable bonds is 5. The third kappa shape index (κ3) is 5.86. The quantitative estimate of drug-likeness (QED) is 0.605. The lowest BCUT2D eigenvalue weighted by molar-refractivity contribution is -0.126. The smallest absolute Gasteiger partial charge is 0.239 e. The summed E-state index contributed by atoms with van der Waals surface area (Å²) in [5.41, 5.74) is 4.83. The molecule has 1 saturated heterocycles. The summed E-state index contributed by atoms with van der Waals surface area (Å²) in [5.74, 6) is -0.558. The van der Waals surface area contributed by atoms with Gasteiger partial charge in [-0.25, -0.2) is 0 Å². The number of halogens is 1. The summed E-state index contributed by atoms with van der Waals surface area (Å²) in [6.07, 6.45) is 1.97. The second kappa shape index (κ2) is 7.47. The van der Waals surface area contributed by atoms with Gasteiger partial charge in [0.15, 0.2) is 0 Å². The van der Waals surface area contributed by atoms with Crippen molar-refractivity contribution in [1.82, 2.24) is 10.6 Å². The lowest BCUT2D eigenvalue weighted by Gasteiger charge is -2.23. The van der Waals surface area contributed by atoms with Gasteiger partial charge in [-0.15, -0.1) is 12.4 Å². The molecule has 1 rings (SSSR count). The molecule has 1 unspecified atom stereocenters. The number of nitrogens with one attached hydrogen (secondary N) is 2. The van der Waals surface area contributed by atoms with Crippen molar-refractivity contribution in [3.63, 3.8) is 0 Å². The van der Waals surface area contributed by atoms with Crippen molar-refractivity contribution >= 4 is 24.2 Å². The molecule has 0 spiro atoms. The van der Waals surface area contributed by atoms with E-state index in [1.807, 2.05) is 6.92 Å². The molecule has 1 aliphatic rings. The minimum absolute atomic E-state index is 0. The van der Waals surface area contributed by atoms with Crippen LogP contribution in [0.1, 0.15) is 19.8 Å². The first kappa shape index (κ1) is 16.1. The fourth-order valence-corrected chi connectivity index (χ4v) is 1.58. The van der Waals surface area contributed by atoms with Gasteiger partial charge < -0.3 is 21.1 Å². The second-order valence-corrected chi connectivity index (χ2v) is 4.16. The molecule has 2 amide bonds. The zero-order valence-electron chi connectivity index (χ0n) is 9.95. The highest BCUT2D eigenvalue weighted by molar-refractivity contribution is 5.85. The van der Waals surface area contributed by atoms with Crippen molar-refractivity contribution in [1.29, 1.82) is 0 Å². The Morgan fingerprint density at radius 2 is 2.06 bits per heavy atom. The molecule has 4 N–H and O–H groups in total. The molecule has 0 bridgehead atoms. The maximum Gasteiger partial charge on any atom is 0.239 e. The van der Waals surface area contributed by atoms with Crippen LogP contribution < -0.4 is 16.4 Å². The van der Waals surface area contributed by atoms with Gasteiger partial charge in [-0.3, -0.25) is 9.59 Å². The highest BCUT2D eigenvalue weighted by Gasteiger charge is 2.29. The molecule has 0 aromatic heterocycles. The molecule has 0 aromatic carbocycles. The van der Waals surface area contributed by atoms with Crippen molar-refractivity contribution in [2.24, 2.45) is 5.73 Å². The van der Waals surface area contributed by atoms with E-state index < -0.39 is 0 Å². The van der Waals surface area contributed by atoms with E-state index >= 15 is 0 Å². The molecule has 17 heavy (non-hydrogen) atoms. The van der Waals surface area contributed by atoms with Gasteiger partial charge in [-0.2, -0.15) is 0 Å². The van der Waals surface area contributed by atoms with Crippen molar-refractivity contribution in [2.45, 2.75) is 25.4 Å². The zero-order chi connectivity index (χ0) is 12.0. The average Bonchev–Trinajstić information content (AvgIpc) is 2.71. The third-order valence-corrected chi connectivity index (χ3v) is 2.59. The predicted octanol–water partition coefficient (Wildman–Crippen LogP) is -0.832. The number of nitrogens with two attached hydrogens (primary N) is 1. The highest BCUT2D eigenvalue weighted by atomic mass is 35.5. The summed E-state index contributed by atoms with van der Waals surface area (Å²) >= 11 is 0. The Morgan fingerprint density at radius 3 is 2.59 bits per heavy atom. The van der Waals surface area contributed by atoms with Crippen LogP contribution in [-0.2, 0) is 14.3 Å². The molecule has 1 atom stereocenters. The van der Waals surface area contributed by atoms with Crippen LogP contribution in [0.5, 0.6) is 0 Å². The Bertz CT molecular complexity index is 268. The molecule has 0 aromatic rings. The van der Waals surface area contributed by atoms with Gasteiger partial charge in [0, 0.05) is 13.2 Å². The normalized spacial score (nSPS) is 22.7. The summed E-state index contributed by atoms with van der Waals surface area (Å²) in [5, 5.41) is 5.13. The van der Waals surface area contributed by atoms with Gasteiger partial charge in [0.2, 0.25) is 11.8 Å². The van der Waals surface area contributed by atoms with Gasteiger partial charge in [0.1, 0.15) is 0 Å². The van der Waals surface area contributed by atoms with E-state index in [2.05, 4.69) is 10.6 Å². The van der Waals surface area contributed by atoms with Crippen LogP contribution in [-0.4, -0.2) is 43.7 Å². The second-order valence-electron chi connectivity index (χ2n) is 4.16. The molecule has 6 nitrogen and oxygen atoms in total. The minimum Gasteiger partial charge on any atom is -0.373 e. The Hall–Kier alpha value is -0.850. The SMILES string of the molecule is CC1(CNC(=O)CNC(=O)CN)CCCO1.Cl. The number of amides is 2. The van der Waals surface area contributed by atoms with Crippen molar-refractivity contribution in [2.75, 3.05) is 26.2 Å². The first-order chi connectivity index (χ1) is 7.56. The highest BCUT2D eigenvalue weighted by Crippen LogP contribution is 2.23. The van der Waals surface area contributed by atoms with Crippen molar-refractivity contribution in [3.05, 3.63) is 0 Å². The summed E-state index contributed by atoms with van der Waals surface area (Å²) in [6.45, 7) is 3.06. The molecule has 0 saturated carbocycles. The fraction of sp³-hybridized carbons (Fsp3) is 0.800. The first-order valence-corrected chi connectivity index (χ1v) is 5.43. The Kier molecular flexibility index (Phi) is 7.10. The monoisotopic (exact) mass is 265 g/mol. The zero-order valence-corrected chi connectivity index (χ0v) is 10.8. The summed E-state index contributed by atoms with van der Waals surface area (Å²) in [4.78, 5) is 22.1. The summed E-state index contributed by atoms with van der Waals surface area (Å²) < 4.78 is 5.52. The maximum absolute atomic E-state index is 11.3. The topological polar surface area (TPSA) is 93.5 Å².